The largest absolute Gasteiger partial charge is 0.326 e. The highest BCUT2D eigenvalue weighted by Gasteiger charge is 2.05. The summed E-state index contributed by atoms with van der Waals surface area (Å²) in [6.45, 7) is 1.84. The third-order valence-corrected chi connectivity index (χ3v) is 3.16. The SMILES string of the molecule is Cc1cc(=O)[nH]nc1-c1ccc(NC(=O)CCBr)cc1. The second kappa shape index (κ2) is 6.47. The van der Waals surface area contributed by atoms with Crippen LogP contribution in [-0.4, -0.2) is 21.4 Å². The van der Waals surface area contributed by atoms with E-state index in [9.17, 15) is 9.59 Å². The summed E-state index contributed by atoms with van der Waals surface area (Å²) in [5.41, 5.74) is 2.94. The van der Waals surface area contributed by atoms with Crippen LogP contribution in [0.5, 0.6) is 0 Å². The zero-order valence-corrected chi connectivity index (χ0v) is 12.5. The molecule has 0 aliphatic heterocycles. The first-order valence-corrected chi connectivity index (χ1v) is 7.25. The van der Waals surface area contributed by atoms with Gasteiger partial charge in [0, 0.05) is 29.1 Å². The normalized spacial score (nSPS) is 10.3. The second-order valence-corrected chi connectivity index (χ2v) is 5.12. The number of anilines is 1. The number of amides is 1. The zero-order chi connectivity index (χ0) is 14.5. The number of nitrogens with one attached hydrogen (secondary N) is 2. The lowest BCUT2D eigenvalue weighted by Crippen LogP contribution is -2.11. The quantitative estimate of drug-likeness (QED) is 0.843. The Labute approximate surface area is 124 Å². The minimum absolute atomic E-state index is 0.0343. The van der Waals surface area contributed by atoms with Crippen molar-refractivity contribution < 1.29 is 4.79 Å². The number of alkyl halides is 1. The number of H-pyrrole nitrogens is 1. The summed E-state index contributed by atoms with van der Waals surface area (Å²) in [5.74, 6) is -0.0343. The Bertz CT molecular complexity index is 665. The Morgan fingerprint density at radius 2 is 2.05 bits per heavy atom. The Hall–Kier alpha value is -1.95. The van der Waals surface area contributed by atoms with Gasteiger partial charge in [-0.05, 0) is 24.6 Å². The molecule has 1 amide bonds. The lowest BCUT2D eigenvalue weighted by Gasteiger charge is -2.07. The predicted molar refractivity (Wildman–Crippen MR) is 82.1 cm³/mol. The fourth-order valence-electron chi connectivity index (χ4n) is 1.81. The van der Waals surface area contributed by atoms with E-state index in [1.165, 1.54) is 6.07 Å². The highest BCUT2D eigenvalue weighted by atomic mass is 79.9. The molecule has 0 bridgehead atoms. The molecule has 20 heavy (non-hydrogen) atoms. The van der Waals surface area contributed by atoms with Gasteiger partial charge in [-0.3, -0.25) is 9.59 Å². The van der Waals surface area contributed by atoms with Crippen molar-refractivity contribution in [3.05, 3.63) is 46.2 Å². The number of carbonyl (C=O) groups excluding carboxylic acids is 1. The van der Waals surface area contributed by atoms with Crippen molar-refractivity contribution in [3.63, 3.8) is 0 Å². The summed E-state index contributed by atoms with van der Waals surface area (Å²) in [6, 6.07) is 8.85. The van der Waals surface area contributed by atoms with Gasteiger partial charge < -0.3 is 5.32 Å². The molecule has 0 spiro atoms. The van der Waals surface area contributed by atoms with Crippen molar-refractivity contribution >= 4 is 27.5 Å². The number of carbonyl (C=O) groups is 1. The molecule has 0 saturated heterocycles. The molecule has 2 rings (SSSR count). The van der Waals surface area contributed by atoms with Crippen LogP contribution in [0.15, 0.2) is 35.1 Å². The predicted octanol–water partition coefficient (Wildman–Crippen LogP) is 2.47. The van der Waals surface area contributed by atoms with Crippen molar-refractivity contribution in [1.29, 1.82) is 0 Å². The minimum Gasteiger partial charge on any atom is -0.326 e. The van der Waals surface area contributed by atoms with E-state index >= 15 is 0 Å². The standard InChI is InChI=1S/C14H14BrN3O2/c1-9-8-13(20)17-18-14(9)10-2-4-11(5-3-10)16-12(19)6-7-15/h2-5,8H,6-7H2,1H3,(H,16,19)(H,17,20). The average molecular weight is 336 g/mol. The number of hydrogen-bond donors (Lipinski definition) is 2. The molecule has 2 N–H and O–H groups in total. The molecule has 1 aromatic carbocycles. The molecule has 1 aromatic heterocycles. The molecule has 2 aromatic rings. The summed E-state index contributed by atoms with van der Waals surface area (Å²) in [7, 11) is 0. The molecular formula is C14H14BrN3O2. The summed E-state index contributed by atoms with van der Waals surface area (Å²) < 4.78 is 0. The van der Waals surface area contributed by atoms with E-state index in [1.807, 2.05) is 31.2 Å². The number of halogens is 1. The number of nitrogens with zero attached hydrogens (tertiary/aromatic N) is 1. The van der Waals surface area contributed by atoms with Crippen LogP contribution in [0.4, 0.5) is 5.69 Å². The molecule has 0 unspecified atom stereocenters. The van der Waals surface area contributed by atoms with Crippen LogP contribution in [0.1, 0.15) is 12.0 Å². The van der Waals surface area contributed by atoms with Gasteiger partial charge in [-0.2, -0.15) is 5.10 Å². The van der Waals surface area contributed by atoms with Gasteiger partial charge in [-0.1, -0.05) is 28.1 Å². The van der Waals surface area contributed by atoms with E-state index < -0.39 is 0 Å². The fraction of sp³-hybridized carbons (Fsp3) is 0.214. The van der Waals surface area contributed by atoms with Crippen LogP contribution in [-0.2, 0) is 4.79 Å². The van der Waals surface area contributed by atoms with Crippen LogP contribution in [0.3, 0.4) is 0 Å². The van der Waals surface area contributed by atoms with Crippen molar-refractivity contribution in [3.8, 4) is 11.3 Å². The van der Waals surface area contributed by atoms with Crippen LogP contribution >= 0.6 is 15.9 Å². The van der Waals surface area contributed by atoms with E-state index in [0.29, 0.717) is 11.8 Å². The van der Waals surface area contributed by atoms with Gasteiger partial charge in [0.15, 0.2) is 0 Å². The Morgan fingerprint density at radius 1 is 1.35 bits per heavy atom. The number of rotatable bonds is 4. The monoisotopic (exact) mass is 335 g/mol. The van der Waals surface area contributed by atoms with Gasteiger partial charge >= 0.3 is 0 Å². The molecule has 0 saturated carbocycles. The van der Waals surface area contributed by atoms with Gasteiger partial charge in [0.05, 0.1) is 5.69 Å². The fourth-order valence-corrected chi connectivity index (χ4v) is 2.17. The van der Waals surface area contributed by atoms with Gasteiger partial charge in [0.25, 0.3) is 5.56 Å². The first-order valence-electron chi connectivity index (χ1n) is 6.12. The van der Waals surface area contributed by atoms with Gasteiger partial charge in [-0.15, -0.1) is 0 Å². The van der Waals surface area contributed by atoms with Gasteiger partial charge in [-0.25, -0.2) is 5.10 Å². The summed E-state index contributed by atoms with van der Waals surface area (Å²) in [6.07, 6.45) is 0.433. The topological polar surface area (TPSA) is 74.8 Å². The Morgan fingerprint density at radius 3 is 2.65 bits per heavy atom. The van der Waals surface area contributed by atoms with Crippen LogP contribution in [0, 0.1) is 6.92 Å². The molecule has 1 heterocycles. The first kappa shape index (κ1) is 14.5. The first-order chi connectivity index (χ1) is 9.60. The van der Waals surface area contributed by atoms with E-state index in [4.69, 9.17) is 0 Å². The van der Waals surface area contributed by atoms with Gasteiger partial charge in [0.2, 0.25) is 5.91 Å². The Kier molecular flexibility index (Phi) is 4.68. The molecule has 0 fully saturated rings. The molecule has 0 atom stereocenters. The molecule has 104 valence electrons. The van der Waals surface area contributed by atoms with E-state index in [2.05, 4.69) is 31.4 Å². The van der Waals surface area contributed by atoms with Crippen molar-refractivity contribution in [1.82, 2.24) is 10.2 Å². The van der Waals surface area contributed by atoms with Crippen LogP contribution in [0.25, 0.3) is 11.3 Å². The zero-order valence-electron chi connectivity index (χ0n) is 10.9. The lowest BCUT2D eigenvalue weighted by atomic mass is 10.1. The molecule has 6 heteroatoms. The third kappa shape index (κ3) is 3.54. The molecule has 0 aliphatic rings. The summed E-state index contributed by atoms with van der Waals surface area (Å²) in [5, 5.41) is 9.89. The van der Waals surface area contributed by atoms with Crippen molar-refractivity contribution in [2.24, 2.45) is 0 Å². The number of aromatic amines is 1. The van der Waals surface area contributed by atoms with Gasteiger partial charge in [0.1, 0.15) is 0 Å². The minimum atomic E-state index is -0.218. The second-order valence-electron chi connectivity index (χ2n) is 4.33. The van der Waals surface area contributed by atoms with Crippen LogP contribution < -0.4 is 10.9 Å². The third-order valence-electron chi connectivity index (χ3n) is 2.76. The highest BCUT2D eigenvalue weighted by Crippen LogP contribution is 2.21. The lowest BCUT2D eigenvalue weighted by molar-refractivity contribution is -0.115. The molecular weight excluding hydrogens is 322 g/mol. The molecule has 0 radical (unpaired) electrons. The average Bonchev–Trinajstić information content (AvgIpc) is 2.40. The smallest absolute Gasteiger partial charge is 0.264 e. The Balaban J connectivity index is 2.19. The number of benzene rings is 1. The van der Waals surface area contributed by atoms with Crippen molar-refractivity contribution in [2.75, 3.05) is 10.6 Å². The number of hydrogen-bond acceptors (Lipinski definition) is 3. The highest BCUT2D eigenvalue weighted by molar-refractivity contribution is 9.09. The number of aromatic nitrogens is 2. The van der Waals surface area contributed by atoms with E-state index in [-0.39, 0.29) is 11.5 Å². The maximum Gasteiger partial charge on any atom is 0.264 e. The molecule has 0 aliphatic carbocycles. The van der Waals surface area contributed by atoms with Crippen LogP contribution in [0.2, 0.25) is 0 Å². The number of aryl methyl sites for hydroxylation is 1. The van der Waals surface area contributed by atoms with E-state index in [1.54, 1.807) is 0 Å². The molecule has 5 nitrogen and oxygen atoms in total. The summed E-state index contributed by atoms with van der Waals surface area (Å²) in [4.78, 5) is 22.6. The summed E-state index contributed by atoms with van der Waals surface area (Å²) >= 11 is 3.22. The van der Waals surface area contributed by atoms with E-state index in [0.717, 1.165) is 22.5 Å². The maximum atomic E-state index is 11.5. The van der Waals surface area contributed by atoms with Crippen molar-refractivity contribution in [2.45, 2.75) is 13.3 Å². The maximum absolute atomic E-state index is 11.5.